The Morgan fingerprint density at radius 1 is 1.42 bits per heavy atom. The highest BCUT2D eigenvalue weighted by Gasteiger charge is 2.28. The summed E-state index contributed by atoms with van der Waals surface area (Å²) in [6.07, 6.45) is 2.11. The molecule has 1 unspecified atom stereocenters. The molecule has 0 spiro atoms. The first-order chi connectivity index (χ1) is 8.91. The average molecular weight is 265 g/mol. The van der Waals surface area contributed by atoms with E-state index < -0.39 is 10.5 Å². The summed E-state index contributed by atoms with van der Waals surface area (Å²) in [4.78, 5) is 12.7. The summed E-state index contributed by atoms with van der Waals surface area (Å²) in [5.74, 6) is 0. The molecule has 1 aliphatic heterocycles. The van der Waals surface area contributed by atoms with Crippen molar-refractivity contribution in [2.45, 2.75) is 31.8 Å². The van der Waals surface area contributed by atoms with E-state index in [1.54, 1.807) is 12.1 Å². The SMILES string of the molecule is CC1(O)CCCN(c2cccc(N)c2[N+](=O)[O-])CC1. The van der Waals surface area contributed by atoms with Crippen LogP contribution in [0.1, 0.15) is 26.2 Å². The van der Waals surface area contributed by atoms with Gasteiger partial charge in [0.15, 0.2) is 0 Å². The molecule has 3 N–H and O–H groups in total. The van der Waals surface area contributed by atoms with Crippen molar-refractivity contribution >= 4 is 17.1 Å². The lowest BCUT2D eigenvalue weighted by Gasteiger charge is -2.24. The maximum atomic E-state index is 11.1. The number of nitro groups is 1. The third-order valence-corrected chi connectivity index (χ3v) is 3.63. The zero-order valence-electron chi connectivity index (χ0n) is 11.0. The molecule has 104 valence electrons. The number of para-hydroxylation sites is 1. The van der Waals surface area contributed by atoms with Gasteiger partial charge in [-0.05, 0) is 38.3 Å². The van der Waals surface area contributed by atoms with E-state index in [9.17, 15) is 15.2 Å². The predicted octanol–water partition coefficient (Wildman–Crippen LogP) is 1.92. The van der Waals surface area contributed by atoms with Crippen molar-refractivity contribution in [1.82, 2.24) is 0 Å². The summed E-state index contributed by atoms with van der Waals surface area (Å²) in [5, 5.41) is 21.2. The quantitative estimate of drug-likeness (QED) is 0.484. The van der Waals surface area contributed by atoms with Crippen LogP contribution in [0.5, 0.6) is 0 Å². The molecule has 1 heterocycles. The number of nitrogens with zero attached hydrogens (tertiary/aromatic N) is 2. The second kappa shape index (κ2) is 5.05. The molecule has 2 rings (SSSR count). The number of nitro benzene ring substituents is 1. The molecule has 1 aromatic carbocycles. The van der Waals surface area contributed by atoms with Gasteiger partial charge in [-0.3, -0.25) is 10.1 Å². The fourth-order valence-corrected chi connectivity index (χ4v) is 2.51. The number of anilines is 2. The van der Waals surface area contributed by atoms with E-state index >= 15 is 0 Å². The van der Waals surface area contributed by atoms with Gasteiger partial charge in [0.1, 0.15) is 11.4 Å². The number of hydrogen-bond donors (Lipinski definition) is 2. The van der Waals surface area contributed by atoms with Crippen molar-refractivity contribution < 1.29 is 10.0 Å². The second-order valence-corrected chi connectivity index (χ2v) is 5.31. The van der Waals surface area contributed by atoms with Crippen LogP contribution >= 0.6 is 0 Å². The smallest absolute Gasteiger partial charge is 0.315 e. The van der Waals surface area contributed by atoms with E-state index in [4.69, 9.17) is 5.73 Å². The molecule has 6 nitrogen and oxygen atoms in total. The van der Waals surface area contributed by atoms with E-state index in [-0.39, 0.29) is 11.4 Å². The molecule has 0 amide bonds. The molecule has 19 heavy (non-hydrogen) atoms. The highest BCUT2D eigenvalue weighted by Crippen LogP contribution is 2.35. The molecule has 1 fully saturated rings. The van der Waals surface area contributed by atoms with E-state index in [0.29, 0.717) is 31.6 Å². The molecule has 1 aliphatic rings. The summed E-state index contributed by atoms with van der Waals surface area (Å²) in [6.45, 7) is 3.10. The highest BCUT2D eigenvalue weighted by atomic mass is 16.6. The molecule has 0 aromatic heterocycles. The van der Waals surface area contributed by atoms with Crippen LogP contribution in [-0.2, 0) is 0 Å². The Kier molecular flexibility index (Phi) is 3.61. The Hall–Kier alpha value is -1.82. The largest absolute Gasteiger partial charge is 0.393 e. The molecule has 0 aliphatic carbocycles. The van der Waals surface area contributed by atoms with Gasteiger partial charge in [-0.1, -0.05) is 6.07 Å². The molecule has 0 saturated carbocycles. The maximum absolute atomic E-state index is 11.1. The van der Waals surface area contributed by atoms with Crippen molar-refractivity contribution in [3.8, 4) is 0 Å². The normalized spacial score (nSPS) is 24.0. The first kappa shape index (κ1) is 13.6. The predicted molar refractivity (Wildman–Crippen MR) is 74.2 cm³/mol. The minimum atomic E-state index is -0.691. The Morgan fingerprint density at radius 2 is 2.16 bits per heavy atom. The number of rotatable bonds is 2. The first-order valence-electron chi connectivity index (χ1n) is 6.41. The molecule has 6 heteroatoms. The van der Waals surface area contributed by atoms with E-state index in [0.717, 1.165) is 6.42 Å². The van der Waals surface area contributed by atoms with Crippen LogP contribution in [0.3, 0.4) is 0 Å². The first-order valence-corrected chi connectivity index (χ1v) is 6.41. The molecule has 0 bridgehead atoms. The third kappa shape index (κ3) is 2.96. The van der Waals surface area contributed by atoms with Gasteiger partial charge in [0.25, 0.3) is 0 Å². The molecule has 1 atom stereocenters. The minimum Gasteiger partial charge on any atom is -0.393 e. The van der Waals surface area contributed by atoms with Gasteiger partial charge in [0.05, 0.1) is 10.5 Å². The number of hydrogen-bond acceptors (Lipinski definition) is 5. The molecule has 1 aromatic rings. The van der Waals surface area contributed by atoms with Crippen molar-refractivity contribution in [2.75, 3.05) is 23.7 Å². The Labute approximate surface area is 112 Å². The highest BCUT2D eigenvalue weighted by molar-refractivity contribution is 5.75. The Balaban J connectivity index is 2.32. The van der Waals surface area contributed by atoms with Crippen molar-refractivity contribution in [2.24, 2.45) is 0 Å². The number of nitrogens with two attached hydrogens (primary N) is 1. The van der Waals surface area contributed by atoms with Crippen LogP contribution in [0.25, 0.3) is 0 Å². The monoisotopic (exact) mass is 265 g/mol. The molecule has 1 saturated heterocycles. The lowest BCUT2D eigenvalue weighted by Crippen LogP contribution is -2.28. The molecule has 0 radical (unpaired) electrons. The van der Waals surface area contributed by atoms with Gasteiger partial charge in [-0.15, -0.1) is 0 Å². The number of benzene rings is 1. The number of nitrogen functional groups attached to an aromatic ring is 1. The summed E-state index contributed by atoms with van der Waals surface area (Å²) in [7, 11) is 0. The lowest BCUT2D eigenvalue weighted by molar-refractivity contribution is -0.383. The fraction of sp³-hybridized carbons (Fsp3) is 0.538. The van der Waals surface area contributed by atoms with Crippen molar-refractivity contribution in [1.29, 1.82) is 0 Å². The summed E-state index contributed by atoms with van der Waals surface area (Å²) in [5.41, 5.74) is 5.70. The minimum absolute atomic E-state index is 0.0379. The lowest BCUT2D eigenvalue weighted by atomic mass is 9.98. The van der Waals surface area contributed by atoms with Crippen LogP contribution in [0.15, 0.2) is 18.2 Å². The Bertz CT molecular complexity index is 488. The van der Waals surface area contributed by atoms with Gasteiger partial charge in [0, 0.05) is 13.1 Å². The van der Waals surface area contributed by atoms with Crippen molar-refractivity contribution in [3.05, 3.63) is 28.3 Å². The fourth-order valence-electron chi connectivity index (χ4n) is 2.51. The van der Waals surface area contributed by atoms with Gasteiger partial charge in [-0.25, -0.2) is 0 Å². The van der Waals surface area contributed by atoms with Crippen molar-refractivity contribution in [3.63, 3.8) is 0 Å². The second-order valence-electron chi connectivity index (χ2n) is 5.31. The summed E-state index contributed by atoms with van der Waals surface area (Å²) < 4.78 is 0. The van der Waals surface area contributed by atoms with E-state index in [1.807, 2.05) is 11.8 Å². The topological polar surface area (TPSA) is 92.6 Å². The zero-order valence-corrected chi connectivity index (χ0v) is 11.0. The summed E-state index contributed by atoms with van der Waals surface area (Å²) in [6, 6.07) is 4.98. The van der Waals surface area contributed by atoms with E-state index in [2.05, 4.69) is 0 Å². The maximum Gasteiger partial charge on any atom is 0.315 e. The number of aliphatic hydroxyl groups is 1. The van der Waals surface area contributed by atoms with Gasteiger partial charge < -0.3 is 15.7 Å². The van der Waals surface area contributed by atoms with Gasteiger partial charge >= 0.3 is 5.69 Å². The molecular weight excluding hydrogens is 246 g/mol. The van der Waals surface area contributed by atoms with Gasteiger partial charge in [-0.2, -0.15) is 0 Å². The van der Waals surface area contributed by atoms with Crippen LogP contribution in [0, 0.1) is 10.1 Å². The van der Waals surface area contributed by atoms with E-state index in [1.165, 1.54) is 6.07 Å². The Morgan fingerprint density at radius 3 is 2.84 bits per heavy atom. The van der Waals surface area contributed by atoms with Gasteiger partial charge in [0.2, 0.25) is 0 Å². The summed E-state index contributed by atoms with van der Waals surface area (Å²) >= 11 is 0. The van der Waals surface area contributed by atoms with Crippen LogP contribution in [-0.4, -0.2) is 28.7 Å². The molecular formula is C13H19N3O3. The standard InChI is InChI=1S/C13H19N3O3/c1-13(17)6-3-8-15(9-7-13)11-5-2-4-10(14)12(11)16(18)19/h2,4-5,17H,3,6-9,14H2,1H3. The van der Waals surface area contributed by atoms with Crippen LogP contribution < -0.4 is 10.6 Å². The average Bonchev–Trinajstić information content (AvgIpc) is 2.49. The zero-order chi connectivity index (χ0) is 14.0. The van der Waals surface area contributed by atoms with Crippen LogP contribution in [0.2, 0.25) is 0 Å². The third-order valence-electron chi connectivity index (χ3n) is 3.63. The van der Waals surface area contributed by atoms with Crippen LogP contribution in [0.4, 0.5) is 17.1 Å².